The van der Waals surface area contributed by atoms with E-state index in [0.717, 1.165) is 31.1 Å². The van der Waals surface area contributed by atoms with Crippen molar-refractivity contribution in [3.8, 4) is 0 Å². The number of carbonyl (C=O) groups is 1. The van der Waals surface area contributed by atoms with E-state index in [-0.39, 0.29) is 18.0 Å². The molecule has 2 nitrogen and oxygen atoms in total. The van der Waals surface area contributed by atoms with Crippen molar-refractivity contribution in [3.63, 3.8) is 0 Å². The fourth-order valence-corrected chi connectivity index (χ4v) is 5.40. The molecule has 1 spiro atoms. The molecule has 3 aliphatic rings. The van der Waals surface area contributed by atoms with Gasteiger partial charge < -0.3 is 4.74 Å². The molecule has 0 aromatic heterocycles. The zero-order chi connectivity index (χ0) is 16.4. The normalized spacial score (nSPS) is 44.9. The average molecular weight is 321 g/mol. The van der Waals surface area contributed by atoms with E-state index < -0.39 is 0 Å². The summed E-state index contributed by atoms with van der Waals surface area (Å²) >= 11 is 0. The summed E-state index contributed by atoms with van der Waals surface area (Å²) in [6, 6.07) is 0. The van der Waals surface area contributed by atoms with Crippen LogP contribution in [0.1, 0.15) is 91.4 Å². The van der Waals surface area contributed by atoms with Crippen molar-refractivity contribution in [2.75, 3.05) is 0 Å². The molecule has 3 atom stereocenters. The summed E-state index contributed by atoms with van der Waals surface area (Å²) in [4.78, 5) is 12.6. The van der Waals surface area contributed by atoms with E-state index >= 15 is 0 Å². The van der Waals surface area contributed by atoms with Crippen LogP contribution in [0.25, 0.3) is 0 Å². The molecule has 0 saturated heterocycles. The second-order valence-electron chi connectivity index (χ2n) is 9.33. The van der Waals surface area contributed by atoms with Gasteiger partial charge in [-0.2, -0.15) is 0 Å². The average Bonchev–Trinajstić information content (AvgIpc) is 2.54. The van der Waals surface area contributed by atoms with Gasteiger partial charge in [-0.1, -0.05) is 33.6 Å². The van der Waals surface area contributed by atoms with Crippen LogP contribution in [-0.4, -0.2) is 12.1 Å². The van der Waals surface area contributed by atoms with E-state index in [4.69, 9.17) is 4.74 Å². The fourth-order valence-electron chi connectivity index (χ4n) is 5.40. The molecular formula is C21H36O2. The lowest BCUT2D eigenvalue weighted by Crippen LogP contribution is -2.37. The van der Waals surface area contributed by atoms with Crippen LogP contribution in [0.3, 0.4) is 0 Å². The van der Waals surface area contributed by atoms with E-state index in [1.807, 2.05) is 0 Å². The van der Waals surface area contributed by atoms with E-state index in [1.54, 1.807) is 0 Å². The van der Waals surface area contributed by atoms with Crippen molar-refractivity contribution in [2.45, 2.75) is 97.5 Å². The Kier molecular flexibility index (Phi) is 5.38. The second-order valence-corrected chi connectivity index (χ2v) is 9.33. The minimum atomic E-state index is 0.121. The van der Waals surface area contributed by atoms with Crippen molar-refractivity contribution in [3.05, 3.63) is 0 Å². The van der Waals surface area contributed by atoms with Gasteiger partial charge in [0.15, 0.2) is 0 Å². The standard InChI is InChI=1S/C21H36O2/c1-15-6-10-21(11-7-15)12-8-18(9-13-21)20(22)23-19-5-4-16(2)14-17(19)3/h15-19H,4-14H2,1-3H3. The van der Waals surface area contributed by atoms with Gasteiger partial charge in [0, 0.05) is 0 Å². The molecular weight excluding hydrogens is 284 g/mol. The topological polar surface area (TPSA) is 26.3 Å². The molecule has 3 saturated carbocycles. The third-order valence-corrected chi connectivity index (χ3v) is 7.33. The SMILES string of the molecule is CC1CCC2(CC1)CCC(C(=O)OC1CCC(C)CC1C)CC2. The summed E-state index contributed by atoms with van der Waals surface area (Å²) < 4.78 is 5.95. The maximum atomic E-state index is 12.6. The van der Waals surface area contributed by atoms with Crippen LogP contribution in [0.4, 0.5) is 0 Å². The summed E-state index contributed by atoms with van der Waals surface area (Å²) in [5.74, 6) is 2.56. The number of esters is 1. The number of hydrogen-bond acceptors (Lipinski definition) is 2. The van der Waals surface area contributed by atoms with Crippen molar-refractivity contribution in [1.29, 1.82) is 0 Å². The van der Waals surface area contributed by atoms with Crippen LogP contribution in [0.2, 0.25) is 0 Å². The quantitative estimate of drug-likeness (QED) is 0.606. The van der Waals surface area contributed by atoms with Gasteiger partial charge in [0.2, 0.25) is 0 Å². The largest absolute Gasteiger partial charge is 0.462 e. The molecule has 0 bridgehead atoms. The van der Waals surface area contributed by atoms with Crippen LogP contribution < -0.4 is 0 Å². The van der Waals surface area contributed by atoms with Gasteiger partial charge in [-0.25, -0.2) is 0 Å². The maximum Gasteiger partial charge on any atom is 0.309 e. The van der Waals surface area contributed by atoms with Crippen molar-refractivity contribution < 1.29 is 9.53 Å². The number of rotatable bonds is 2. The zero-order valence-electron chi connectivity index (χ0n) is 15.5. The molecule has 0 heterocycles. The monoisotopic (exact) mass is 320 g/mol. The van der Waals surface area contributed by atoms with Gasteiger partial charge in [-0.05, 0) is 81.0 Å². The Morgan fingerprint density at radius 2 is 1.43 bits per heavy atom. The molecule has 0 aliphatic heterocycles. The van der Waals surface area contributed by atoms with Crippen molar-refractivity contribution in [1.82, 2.24) is 0 Å². The summed E-state index contributed by atoms with van der Waals surface area (Å²) in [5, 5.41) is 0. The first-order chi connectivity index (χ1) is 11.0. The Bertz CT molecular complexity index is 398. The third-order valence-electron chi connectivity index (χ3n) is 7.33. The molecule has 23 heavy (non-hydrogen) atoms. The summed E-state index contributed by atoms with van der Waals surface area (Å²) in [6.07, 6.45) is 13.9. The molecule has 3 aliphatic carbocycles. The minimum Gasteiger partial charge on any atom is -0.462 e. The highest BCUT2D eigenvalue weighted by atomic mass is 16.5. The van der Waals surface area contributed by atoms with Gasteiger partial charge in [0.25, 0.3) is 0 Å². The highest BCUT2D eigenvalue weighted by molar-refractivity contribution is 5.72. The van der Waals surface area contributed by atoms with E-state index in [1.165, 1.54) is 51.4 Å². The van der Waals surface area contributed by atoms with E-state index in [2.05, 4.69) is 20.8 Å². The van der Waals surface area contributed by atoms with Crippen LogP contribution in [0.5, 0.6) is 0 Å². The zero-order valence-corrected chi connectivity index (χ0v) is 15.5. The maximum absolute atomic E-state index is 12.6. The number of carbonyl (C=O) groups excluding carboxylic acids is 1. The molecule has 3 unspecified atom stereocenters. The fraction of sp³-hybridized carbons (Fsp3) is 0.952. The van der Waals surface area contributed by atoms with Crippen molar-refractivity contribution in [2.24, 2.45) is 29.1 Å². The lowest BCUT2D eigenvalue weighted by atomic mass is 9.62. The van der Waals surface area contributed by atoms with Gasteiger partial charge in [-0.15, -0.1) is 0 Å². The van der Waals surface area contributed by atoms with Gasteiger partial charge in [0.05, 0.1) is 5.92 Å². The van der Waals surface area contributed by atoms with Gasteiger partial charge in [-0.3, -0.25) is 4.79 Å². The first kappa shape index (κ1) is 17.3. The van der Waals surface area contributed by atoms with Gasteiger partial charge >= 0.3 is 5.97 Å². The van der Waals surface area contributed by atoms with Crippen LogP contribution in [-0.2, 0) is 9.53 Å². The number of ether oxygens (including phenoxy) is 1. The Morgan fingerprint density at radius 1 is 0.826 bits per heavy atom. The molecule has 2 heteroatoms. The lowest BCUT2D eigenvalue weighted by Gasteiger charge is -2.44. The predicted molar refractivity (Wildman–Crippen MR) is 94.1 cm³/mol. The predicted octanol–water partition coefficient (Wildman–Crippen LogP) is 5.74. The summed E-state index contributed by atoms with van der Waals surface area (Å²) in [5.41, 5.74) is 0.580. The van der Waals surface area contributed by atoms with Gasteiger partial charge in [0.1, 0.15) is 6.10 Å². The Balaban J connectivity index is 1.47. The van der Waals surface area contributed by atoms with Crippen LogP contribution in [0.15, 0.2) is 0 Å². The molecule has 0 aromatic rings. The highest BCUT2D eigenvalue weighted by Crippen LogP contribution is 2.50. The summed E-state index contributed by atoms with van der Waals surface area (Å²) in [6.45, 7) is 6.97. The number of hydrogen-bond donors (Lipinski definition) is 0. The Morgan fingerprint density at radius 3 is 2.04 bits per heavy atom. The molecule has 0 N–H and O–H groups in total. The molecule has 0 amide bonds. The lowest BCUT2D eigenvalue weighted by molar-refractivity contribution is -0.161. The molecule has 132 valence electrons. The Labute approximate surface area is 142 Å². The smallest absolute Gasteiger partial charge is 0.309 e. The van der Waals surface area contributed by atoms with E-state index in [9.17, 15) is 4.79 Å². The summed E-state index contributed by atoms with van der Waals surface area (Å²) in [7, 11) is 0. The van der Waals surface area contributed by atoms with E-state index in [0.29, 0.717) is 11.3 Å². The first-order valence-electron chi connectivity index (χ1n) is 10.2. The minimum absolute atomic E-state index is 0.121. The first-order valence-corrected chi connectivity index (χ1v) is 10.2. The van der Waals surface area contributed by atoms with Crippen molar-refractivity contribution >= 4 is 5.97 Å². The third kappa shape index (κ3) is 4.12. The van der Waals surface area contributed by atoms with Crippen LogP contribution >= 0.6 is 0 Å². The highest BCUT2D eigenvalue weighted by Gasteiger charge is 2.40. The molecule has 3 rings (SSSR count). The van der Waals surface area contributed by atoms with Crippen LogP contribution in [0, 0.1) is 29.1 Å². The molecule has 3 fully saturated rings. The molecule has 0 aromatic carbocycles. The Hall–Kier alpha value is -0.530. The molecule has 0 radical (unpaired) electrons. The second kappa shape index (κ2) is 7.15.